The number of ether oxygens (including phenoxy) is 1. The molecule has 1 spiro atoms. The molecule has 2 heterocycles. The molecular formula is C33H44N2O3. The van der Waals surface area contributed by atoms with Crippen molar-refractivity contribution in [1.29, 1.82) is 0 Å². The van der Waals surface area contributed by atoms with Gasteiger partial charge < -0.3 is 26.0 Å². The van der Waals surface area contributed by atoms with Crippen LogP contribution in [0.25, 0.3) is 0 Å². The number of fused-ring (bicyclic) bond motifs is 1. The predicted octanol–water partition coefficient (Wildman–Crippen LogP) is 4.57. The van der Waals surface area contributed by atoms with E-state index in [-0.39, 0.29) is 41.5 Å². The summed E-state index contributed by atoms with van der Waals surface area (Å²) in [5.74, 6) is 9.67. The monoisotopic (exact) mass is 516 g/mol. The molecule has 2 saturated heterocycles. The van der Waals surface area contributed by atoms with E-state index < -0.39 is 5.54 Å². The topological polar surface area (TPSA) is 87.7 Å². The molecule has 38 heavy (non-hydrogen) atoms. The van der Waals surface area contributed by atoms with Crippen molar-refractivity contribution in [2.45, 2.75) is 93.9 Å². The van der Waals surface area contributed by atoms with E-state index >= 15 is 0 Å². The first-order chi connectivity index (χ1) is 18.2. The van der Waals surface area contributed by atoms with Crippen LogP contribution in [0, 0.1) is 47.3 Å². The van der Waals surface area contributed by atoms with Gasteiger partial charge in [0.2, 0.25) is 0 Å². The fourth-order valence-corrected chi connectivity index (χ4v) is 10.7. The highest BCUT2D eigenvalue weighted by Gasteiger charge is 2.74. The molecule has 0 amide bonds. The molecule has 10 atom stereocenters. The van der Waals surface area contributed by atoms with Gasteiger partial charge in [0.05, 0.1) is 23.0 Å². The highest BCUT2D eigenvalue weighted by atomic mass is 16.5. The Labute approximate surface area is 227 Å². The van der Waals surface area contributed by atoms with E-state index in [1.54, 1.807) is 0 Å². The third kappa shape index (κ3) is 3.27. The van der Waals surface area contributed by atoms with Gasteiger partial charge in [0.1, 0.15) is 5.75 Å². The second-order valence-corrected chi connectivity index (χ2v) is 13.9. The van der Waals surface area contributed by atoms with Gasteiger partial charge in [-0.25, -0.2) is 0 Å². The molecule has 5 nitrogen and oxygen atoms in total. The summed E-state index contributed by atoms with van der Waals surface area (Å²) in [4.78, 5) is 0. The van der Waals surface area contributed by atoms with E-state index in [9.17, 15) is 10.2 Å². The van der Waals surface area contributed by atoms with Crippen LogP contribution in [0.5, 0.6) is 5.75 Å². The molecule has 204 valence electrons. The smallest absolute Gasteiger partial charge is 0.116 e. The molecule has 9 rings (SSSR count). The first-order valence-corrected chi connectivity index (χ1v) is 15.0. The van der Waals surface area contributed by atoms with Crippen molar-refractivity contribution in [3.05, 3.63) is 41.0 Å². The normalized spacial score (nSPS) is 45.4. The highest BCUT2D eigenvalue weighted by Crippen LogP contribution is 2.68. The number of phenolic OH excluding ortho intramolecular Hbond substituents is 1. The minimum atomic E-state index is -0.563. The van der Waals surface area contributed by atoms with Crippen molar-refractivity contribution < 1.29 is 14.9 Å². The summed E-state index contributed by atoms with van der Waals surface area (Å²) < 4.78 is 7.33. The average Bonchev–Trinajstić information content (AvgIpc) is 2.89. The Morgan fingerprint density at radius 1 is 1.11 bits per heavy atom. The Balaban J connectivity index is 1.46. The Morgan fingerprint density at radius 3 is 2.74 bits per heavy atom. The SMILES string of the molecule is CNCc1cc(O)cc2c1C1C=CC2C#CC2C3(CC4CCC(CO)C2(N)C4C(C)(C)O3)C2CCCC1C2. The van der Waals surface area contributed by atoms with E-state index in [2.05, 4.69) is 43.2 Å². The lowest BCUT2D eigenvalue weighted by atomic mass is 9.40. The molecule has 1 aromatic carbocycles. The highest BCUT2D eigenvalue weighted by molar-refractivity contribution is 5.54. The Kier molecular flexibility index (Phi) is 5.68. The van der Waals surface area contributed by atoms with Crippen molar-refractivity contribution in [2.24, 2.45) is 41.2 Å². The van der Waals surface area contributed by atoms with Crippen molar-refractivity contribution in [3.63, 3.8) is 0 Å². The van der Waals surface area contributed by atoms with Gasteiger partial charge in [-0.3, -0.25) is 0 Å². The number of hydrogen-bond donors (Lipinski definition) is 4. The van der Waals surface area contributed by atoms with Crippen LogP contribution < -0.4 is 11.1 Å². The zero-order valence-electron chi connectivity index (χ0n) is 23.2. The number of rotatable bonds is 3. The lowest BCUT2D eigenvalue weighted by Crippen LogP contribution is -2.82. The number of hydrogen-bond acceptors (Lipinski definition) is 5. The van der Waals surface area contributed by atoms with Gasteiger partial charge in [-0.1, -0.05) is 30.4 Å². The predicted molar refractivity (Wildman–Crippen MR) is 148 cm³/mol. The van der Waals surface area contributed by atoms with Gasteiger partial charge in [-0.2, -0.15) is 0 Å². The van der Waals surface area contributed by atoms with Gasteiger partial charge in [0, 0.05) is 36.4 Å². The lowest BCUT2D eigenvalue weighted by Gasteiger charge is -2.73. The van der Waals surface area contributed by atoms with Crippen LogP contribution in [-0.4, -0.2) is 40.6 Å². The second-order valence-electron chi connectivity index (χ2n) is 13.9. The zero-order valence-corrected chi connectivity index (χ0v) is 23.2. The number of nitrogens with two attached hydrogens (primary N) is 1. The number of phenols is 1. The van der Waals surface area contributed by atoms with E-state index in [1.807, 2.05) is 19.2 Å². The van der Waals surface area contributed by atoms with Crippen LogP contribution in [0.3, 0.4) is 0 Å². The van der Waals surface area contributed by atoms with Crippen molar-refractivity contribution in [3.8, 4) is 17.6 Å². The zero-order chi connectivity index (χ0) is 26.4. The maximum atomic E-state index is 10.7. The summed E-state index contributed by atoms with van der Waals surface area (Å²) in [6.45, 7) is 5.37. The number of aliphatic hydroxyl groups is 1. The third-order valence-electron chi connectivity index (χ3n) is 11.7. The molecule has 5 heteroatoms. The quantitative estimate of drug-likeness (QED) is 0.349. The van der Waals surface area contributed by atoms with Gasteiger partial charge in [0.15, 0.2) is 0 Å². The molecule has 0 aromatic heterocycles. The van der Waals surface area contributed by atoms with Crippen LogP contribution >= 0.6 is 0 Å². The molecule has 1 aromatic rings. The largest absolute Gasteiger partial charge is 0.508 e. The molecule has 0 radical (unpaired) electrons. The fraction of sp³-hybridized carbons (Fsp3) is 0.697. The second kappa shape index (κ2) is 8.58. The van der Waals surface area contributed by atoms with E-state index in [0.717, 1.165) is 44.2 Å². The maximum Gasteiger partial charge on any atom is 0.116 e. The summed E-state index contributed by atoms with van der Waals surface area (Å²) >= 11 is 0. The summed E-state index contributed by atoms with van der Waals surface area (Å²) in [5.41, 5.74) is 10.1. The number of nitrogens with one attached hydrogen (secondary N) is 1. The lowest BCUT2D eigenvalue weighted by molar-refractivity contribution is -0.339. The van der Waals surface area contributed by atoms with Crippen LogP contribution in [0.15, 0.2) is 24.3 Å². The molecule has 10 unspecified atom stereocenters. The Morgan fingerprint density at radius 2 is 1.95 bits per heavy atom. The number of aromatic hydroxyl groups is 1. The van der Waals surface area contributed by atoms with Gasteiger partial charge >= 0.3 is 0 Å². The van der Waals surface area contributed by atoms with Gasteiger partial charge in [0.25, 0.3) is 0 Å². The van der Waals surface area contributed by atoms with E-state index in [0.29, 0.717) is 29.4 Å². The Bertz CT molecular complexity index is 1230. The standard InChI is InChI=1S/C33H44N2O3/c1-31(2)30-21-7-10-24(18-36)33(30,34)28-12-9-19-8-11-26(29-22(17-35-3)14-25(37)15-27(19)29)20-5-4-6-23(13-20)32(28,16-21)38-31/h8,11,14-15,19-21,23-24,26,28,30,35-37H,4-7,10,13,16-18,34H2,1-3H3. The van der Waals surface area contributed by atoms with Gasteiger partial charge in [-0.15, -0.1) is 0 Å². The summed E-state index contributed by atoms with van der Waals surface area (Å²) in [7, 11) is 1.97. The summed E-state index contributed by atoms with van der Waals surface area (Å²) in [6.07, 6.45) is 12.5. The number of aliphatic hydroxyl groups excluding tert-OH is 1. The van der Waals surface area contributed by atoms with Crippen molar-refractivity contribution in [1.82, 2.24) is 5.32 Å². The Hall–Kier alpha value is -1.84. The third-order valence-corrected chi connectivity index (χ3v) is 11.7. The van der Waals surface area contributed by atoms with Crippen molar-refractivity contribution in [2.75, 3.05) is 13.7 Å². The van der Waals surface area contributed by atoms with Crippen LogP contribution in [-0.2, 0) is 11.3 Å². The number of benzene rings is 1. The van der Waals surface area contributed by atoms with Gasteiger partial charge in [-0.05, 0) is 106 Å². The van der Waals surface area contributed by atoms with Crippen LogP contribution in [0.2, 0.25) is 0 Å². The maximum absolute atomic E-state index is 10.7. The molecule has 2 aliphatic heterocycles. The molecule has 8 bridgehead atoms. The average molecular weight is 517 g/mol. The number of allylic oxidation sites excluding steroid dienone is 2. The van der Waals surface area contributed by atoms with E-state index in [4.69, 9.17) is 10.5 Å². The first kappa shape index (κ1) is 25.1. The first-order valence-electron chi connectivity index (χ1n) is 15.0. The fourth-order valence-electron chi connectivity index (χ4n) is 10.7. The van der Waals surface area contributed by atoms with Crippen LogP contribution in [0.4, 0.5) is 0 Å². The molecule has 8 aliphatic rings. The minimum Gasteiger partial charge on any atom is -0.508 e. The molecule has 5 fully saturated rings. The summed E-state index contributed by atoms with van der Waals surface area (Å²) in [6, 6.07) is 3.90. The minimum absolute atomic E-state index is 0.0425. The van der Waals surface area contributed by atoms with E-state index in [1.165, 1.54) is 24.0 Å². The molecule has 6 aliphatic carbocycles. The molecule has 3 saturated carbocycles. The van der Waals surface area contributed by atoms with Crippen molar-refractivity contribution >= 4 is 0 Å². The van der Waals surface area contributed by atoms with Crippen LogP contribution in [0.1, 0.15) is 87.3 Å². The summed E-state index contributed by atoms with van der Waals surface area (Å²) in [5, 5.41) is 24.7. The molecule has 5 N–H and O–H groups in total. The molecular weight excluding hydrogens is 472 g/mol.